The number of hydrogen-bond acceptors (Lipinski definition) is 2. The molecule has 0 aliphatic rings. The molecule has 0 radical (unpaired) electrons. The maximum absolute atomic E-state index is 11.8. The second-order valence-corrected chi connectivity index (χ2v) is 4.14. The molecule has 0 saturated heterocycles. The zero-order valence-electron chi connectivity index (χ0n) is 10.7. The van der Waals surface area contributed by atoms with Gasteiger partial charge in [-0.2, -0.15) is 0 Å². The van der Waals surface area contributed by atoms with Gasteiger partial charge in [-0.25, -0.2) is 0 Å². The van der Waals surface area contributed by atoms with Crippen molar-refractivity contribution in [3.63, 3.8) is 0 Å². The summed E-state index contributed by atoms with van der Waals surface area (Å²) >= 11 is 0. The lowest BCUT2D eigenvalue weighted by molar-refractivity contribution is 0.101. The fourth-order valence-corrected chi connectivity index (χ4v) is 2.44. The summed E-state index contributed by atoms with van der Waals surface area (Å²) in [4.78, 5) is 11.8. The van der Waals surface area contributed by atoms with E-state index in [1.54, 1.807) is 14.0 Å². The second-order valence-electron chi connectivity index (χ2n) is 4.14. The molecule has 0 atom stereocenters. The Morgan fingerprint density at radius 3 is 2.65 bits per heavy atom. The zero-order chi connectivity index (χ0) is 12.6. The van der Waals surface area contributed by atoms with Crippen molar-refractivity contribution < 1.29 is 9.53 Å². The maximum Gasteiger partial charge on any atom is 0.162 e. The van der Waals surface area contributed by atoms with Crippen LogP contribution in [0.1, 0.15) is 29.9 Å². The van der Waals surface area contributed by atoms with Gasteiger partial charge < -0.3 is 9.30 Å². The highest BCUT2D eigenvalue weighted by atomic mass is 16.5. The van der Waals surface area contributed by atoms with Crippen LogP contribution in [-0.4, -0.2) is 17.5 Å². The van der Waals surface area contributed by atoms with Gasteiger partial charge in [-0.15, -0.1) is 0 Å². The number of aryl methyl sites for hydroxylation is 1. The van der Waals surface area contributed by atoms with Crippen molar-refractivity contribution in [2.24, 2.45) is 0 Å². The Balaban J connectivity index is 2.86. The van der Waals surface area contributed by atoms with Crippen LogP contribution in [0.15, 0.2) is 18.2 Å². The molecular weight excluding hydrogens is 214 g/mol. The summed E-state index contributed by atoms with van der Waals surface area (Å²) in [5.41, 5.74) is 2.93. The van der Waals surface area contributed by atoms with Gasteiger partial charge in [0, 0.05) is 28.7 Å². The van der Waals surface area contributed by atoms with Crippen LogP contribution in [-0.2, 0) is 6.54 Å². The van der Waals surface area contributed by atoms with E-state index >= 15 is 0 Å². The molecule has 0 N–H and O–H groups in total. The fourth-order valence-electron chi connectivity index (χ4n) is 2.44. The first-order chi connectivity index (χ1) is 8.10. The normalized spacial score (nSPS) is 10.8. The number of benzene rings is 1. The zero-order valence-corrected chi connectivity index (χ0v) is 10.7. The van der Waals surface area contributed by atoms with E-state index in [0.29, 0.717) is 0 Å². The number of rotatable bonds is 3. The number of ether oxygens (including phenoxy) is 1. The molecule has 0 amide bonds. The third kappa shape index (κ3) is 1.71. The van der Waals surface area contributed by atoms with E-state index < -0.39 is 0 Å². The first kappa shape index (κ1) is 11.7. The summed E-state index contributed by atoms with van der Waals surface area (Å²) in [6.07, 6.45) is 0. The molecule has 0 aliphatic carbocycles. The van der Waals surface area contributed by atoms with Gasteiger partial charge in [-0.05, 0) is 39.0 Å². The molecule has 0 bridgehead atoms. The molecule has 1 aromatic heterocycles. The summed E-state index contributed by atoms with van der Waals surface area (Å²) in [6.45, 7) is 6.55. The van der Waals surface area contributed by atoms with Crippen molar-refractivity contribution in [3.05, 3.63) is 29.5 Å². The third-order valence-corrected chi connectivity index (χ3v) is 3.20. The molecule has 17 heavy (non-hydrogen) atoms. The van der Waals surface area contributed by atoms with Crippen molar-refractivity contribution in [1.29, 1.82) is 0 Å². The van der Waals surface area contributed by atoms with Crippen molar-refractivity contribution in [3.8, 4) is 5.75 Å². The lowest BCUT2D eigenvalue weighted by Crippen LogP contribution is -1.99. The van der Waals surface area contributed by atoms with Gasteiger partial charge in [0.15, 0.2) is 5.78 Å². The van der Waals surface area contributed by atoms with Gasteiger partial charge in [0.1, 0.15) is 5.75 Å². The average Bonchev–Trinajstić information content (AvgIpc) is 2.59. The van der Waals surface area contributed by atoms with Gasteiger partial charge >= 0.3 is 0 Å². The summed E-state index contributed by atoms with van der Waals surface area (Å²) in [5, 5.41) is 0.983. The monoisotopic (exact) mass is 231 g/mol. The highest BCUT2D eigenvalue weighted by Gasteiger charge is 2.16. The largest absolute Gasteiger partial charge is 0.497 e. The predicted molar refractivity (Wildman–Crippen MR) is 68.9 cm³/mol. The molecule has 0 aliphatic heterocycles. The van der Waals surface area contributed by atoms with Gasteiger partial charge in [-0.3, -0.25) is 4.79 Å². The average molecular weight is 231 g/mol. The SMILES string of the molecule is CCn1c(C)c(C(C)=O)c2cc(OC)ccc21. The van der Waals surface area contributed by atoms with Gasteiger partial charge in [-0.1, -0.05) is 0 Å². The number of fused-ring (bicyclic) bond motifs is 1. The van der Waals surface area contributed by atoms with Crippen LogP contribution in [0.5, 0.6) is 5.75 Å². The highest BCUT2D eigenvalue weighted by molar-refractivity contribution is 6.08. The minimum absolute atomic E-state index is 0.105. The fraction of sp³-hybridized carbons (Fsp3) is 0.357. The number of methoxy groups -OCH3 is 1. The lowest BCUT2D eigenvalue weighted by Gasteiger charge is -2.04. The van der Waals surface area contributed by atoms with Crippen LogP contribution in [0.4, 0.5) is 0 Å². The summed E-state index contributed by atoms with van der Waals surface area (Å²) in [5.74, 6) is 0.890. The van der Waals surface area contributed by atoms with Crippen molar-refractivity contribution in [1.82, 2.24) is 4.57 Å². The Bertz CT molecular complexity index is 581. The van der Waals surface area contributed by atoms with E-state index in [1.807, 2.05) is 25.1 Å². The van der Waals surface area contributed by atoms with Crippen LogP contribution in [0, 0.1) is 6.92 Å². The standard InChI is InChI=1S/C14H17NO2/c1-5-15-9(2)14(10(3)16)12-8-11(17-4)6-7-13(12)15/h6-8H,5H2,1-4H3. The van der Waals surface area contributed by atoms with E-state index in [1.165, 1.54) is 0 Å². The minimum Gasteiger partial charge on any atom is -0.497 e. The molecule has 0 saturated carbocycles. The van der Waals surface area contributed by atoms with Crippen LogP contribution in [0.25, 0.3) is 10.9 Å². The summed E-state index contributed by atoms with van der Waals surface area (Å²) in [6, 6.07) is 5.88. The first-order valence-electron chi connectivity index (χ1n) is 5.78. The number of hydrogen-bond donors (Lipinski definition) is 0. The van der Waals surface area contributed by atoms with Crippen molar-refractivity contribution in [2.45, 2.75) is 27.3 Å². The molecule has 2 aromatic rings. The van der Waals surface area contributed by atoms with E-state index in [-0.39, 0.29) is 5.78 Å². The Morgan fingerprint density at radius 1 is 1.41 bits per heavy atom. The van der Waals surface area contributed by atoms with E-state index in [4.69, 9.17) is 4.74 Å². The van der Waals surface area contributed by atoms with Crippen molar-refractivity contribution >= 4 is 16.7 Å². The first-order valence-corrected chi connectivity index (χ1v) is 5.78. The molecule has 0 fully saturated rings. The van der Waals surface area contributed by atoms with Gasteiger partial charge in [0.25, 0.3) is 0 Å². The molecule has 2 rings (SSSR count). The number of carbonyl (C=O) groups excluding carboxylic acids is 1. The summed E-state index contributed by atoms with van der Waals surface area (Å²) in [7, 11) is 1.64. The van der Waals surface area contributed by atoms with E-state index in [2.05, 4.69) is 11.5 Å². The maximum atomic E-state index is 11.8. The van der Waals surface area contributed by atoms with Crippen molar-refractivity contribution in [2.75, 3.05) is 7.11 Å². The number of carbonyl (C=O) groups is 1. The topological polar surface area (TPSA) is 31.2 Å². The molecule has 3 nitrogen and oxygen atoms in total. The molecule has 3 heteroatoms. The molecule has 0 unspecified atom stereocenters. The number of Topliss-reactive ketones (excluding diaryl/α,β-unsaturated/α-hetero) is 1. The predicted octanol–water partition coefficient (Wildman–Crippen LogP) is 3.18. The second kappa shape index (κ2) is 4.24. The quantitative estimate of drug-likeness (QED) is 0.760. The number of ketones is 1. The third-order valence-electron chi connectivity index (χ3n) is 3.20. The molecule has 90 valence electrons. The lowest BCUT2D eigenvalue weighted by atomic mass is 10.1. The number of aromatic nitrogens is 1. The Hall–Kier alpha value is -1.77. The van der Waals surface area contributed by atoms with E-state index in [0.717, 1.165) is 34.5 Å². The van der Waals surface area contributed by atoms with Gasteiger partial charge in [0.05, 0.1) is 7.11 Å². The molecular formula is C14H17NO2. The highest BCUT2D eigenvalue weighted by Crippen LogP contribution is 2.29. The Kier molecular flexibility index (Phi) is 2.92. The Labute approximate surface area is 101 Å². The van der Waals surface area contributed by atoms with Gasteiger partial charge in [0.2, 0.25) is 0 Å². The smallest absolute Gasteiger partial charge is 0.162 e. The van der Waals surface area contributed by atoms with Crippen LogP contribution < -0.4 is 4.74 Å². The van der Waals surface area contributed by atoms with Crippen LogP contribution in [0.2, 0.25) is 0 Å². The van der Waals surface area contributed by atoms with E-state index in [9.17, 15) is 4.79 Å². The molecule has 1 heterocycles. The number of nitrogens with zero attached hydrogens (tertiary/aromatic N) is 1. The van der Waals surface area contributed by atoms with Crippen LogP contribution >= 0.6 is 0 Å². The minimum atomic E-state index is 0.105. The molecule has 1 aromatic carbocycles. The Morgan fingerprint density at radius 2 is 2.12 bits per heavy atom. The van der Waals surface area contributed by atoms with Crippen LogP contribution in [0.3, 0.4) is 0 Å². The molecule has 0 spiro atoms. The summed E-state index contributed by atoms with van der Waals surface area (Å²) < 4.78 is 7.38.